The Morgan fingerprint density at radius 3 is 2.77 bits per heavy atom. The number of nitrogens with one attached hydrogen (secondary N) is 1. The molecule has 0 saturated heterocycles. The molecule has 1 aromatic carbocycles. The van der Waals surface area contributed by atoms with E-state index in [0.717, 1.165) is 6.54 Å². The third-order valence-corrected chi connectivity index (χ3v) is 1.72. The summed E-state index contributed by atoms with van der Waals surface area (Å²) in [7, 11) is 0. The van der Waals surface area contributed by atoms with Gasteiger partial charge in [0.25, 0.3) is 6.01 Å². The minimum atomic E-state index is 0.559. The standard InChI is InChI=1S/C10H10N2O/c1-2-4-9(5-3-1)8-12-10-11-6-7-13-10/h1-7H,8H2,(H,11,12). The van der Waals surface area contributed by atoms with Gasteiger partial charge >= 0.3 is 0 Å². The second-order valence-electron chi connectivity index (χ2n) is 2.68. The van der Waals surface area contributed by atoms with Crippen molar-refractivity contribution in [2.45, 2.75) is 6.54 Å². The molecule has 0 aliphatic rings. The third-order valence-electron chi connectivity index (χ3n) is 1.72. The summed E-state index contributed by atoms with van der Waals surface area (Å²) >= 11 is 0. The number of benzene rings is 1. The lowest BCUT2D eigenvalue weighted by molar-refractivity contribution is 0.571. The monoisotopic (exact) mass is 174 g/mol. The fourth-order valence-corrected chi connectivity index (χ4v) is 1.08. The van der Waals surface area contributed by atoms with Gasteiger partial charge in [0.2, 0.25) is 0 Å². The number of aromatic nitrogens is 1. The van der Waals surface area contributed by atoms with Gasteiger partial charge in [-0.2, -0.15) is 0 Å². The Morgan fingerprint density at radius 2 is 2.08 bits per heavy atom. The average molecular weight is 174 g/mol. The van der Waals surface area contributed by atoms with E-state index in [1.165, 1.54) is 5.56 Å². The van der Waals surface area contributed by atoms with E-state index in [0.29, 0.717) is 6.01 Å². The zero-order chi connectivity index (χ0) is 8.93. The van der Waals surface area contributed by atoms with E-state index in [-0.39, 0.29) is 0 Å². The molecular weight excluding hydrogens is 164 g/mol. The van der Waals surface area contributed by atoms with Crippen molar-refractivity contribution in [3.8, 4) is 0 Å². The molecule has 0 bridgehead atoms. The Balaban J connectivity index is 1.94. The molecule has 0 saturated carbocycles. The number of oxazole rings is 1. The first-order valence-electron chi connectivity index (χ1n) is 4.12. The molecule has 1 N–H and O–H groups in total. The molecular formula is C10H10N2O. The van der Waals surface area contributed by atoms with E-state index < -0.39 is 0 Å². The van der Waals surface area contributed by atoms with Gasteiger partial charge in [-0.3, -0.25) is 0 Å². The van der Waals surface area contributed by atoms with E-state index in [9.17, 15) is 0 Å². The van der Waals surface area contributed by atoms with Crippen molar-refractivity contribution >= 4 is 6.01 Å². The van der Waals surface area contributed by atoms with Crippen LogP contribution in [0.3, 0.4) is 0 Å². The van der Waals surface area contributed by atoms with Gasteiger partial charge in [-0.15, -0.1) is 0 Å². The van der Waals surface area contributed by atoms with Crippen LogP contribution in [0, 0.1) is 0 Å². The molecule has 0 aliphatic heterocycles. The highest BCUT2D eigenvalue weighted by Crippen LogP contribution is 2.05. The summed E-state index contributed by atoms with van der Waals surface area (Å²) in [6.07, 6.45) is 3.17. The van der Waals surface area contributed by atoms with Gasteiger partial charge in [0.15, 0.2) is 0 Å². The maximum atomic E-state index is 5.03. The Kier molecular flexibility index (Phi) is 2.27. The van der Waals surface area contributed by atoms with Crippen molar-refractivity contribution in [2.24, 2.45) is 0 Å². The van der Waals surface area contributed by atoms with Crippen LogP contribution in [0.1, 0.15) is 5.56 Å². The quantitative estimate of drug-likeness (QED) is 0.775. The first-order chi connectivity index (χ1) is 6.45. The molecule has 1 aromatic heterocycles. The van der Waals surface area contributed by atoms with E-state index in [2.05, 4.69) is 22.4 Å². The van der Waals surface area contributed by atoms with Crippen LogP contribution in [0.15, 0.2) is 47.2 Å². The van der Waals surface area contributed by atoms with E-state index in [1.807, 2.05) is 18.2 Å². The second kappa shape index (κ2) is 3.76. The van der Waals surface area contributed by atoms with Crippen LogP contribution in [0.5, 0.6) is 0 Å². The first-order valence-corrected chi connectivity index (χ1v) is 4.12. The van der Waals surface area contributed by atoms with E-state index in [1.54, 1.807) is 12.5 Å². The van der Waals surface area contributed by atoms with Gasteiger partial charge in [0.1, 0.15) is 6.26 Å². The summed E-state index contributed by atoms with van der Waals surface area (Å²) in [6, 6.07) is 10.7. The van der Waals surface area contributed by atoms with Crippen molar-refractivity contribution in [2.75, 3.05) is 5.32 Å². The summed E-state index contributed by atoms with van der Waals surface area (Å²) in [5.74, 6) is 0. The van der Waals surface area contributed by atoms with Crippen LogP contribution in [-0.4, -0.2) is 4.98 Å². The molecule has 0 radical (unpaired) electrons. The normalized spacial score (nSPS) is 9.85. The van der Waals surface area contributed by atoms with Crippen LogP contribution >= 0.6 is 0 Å². The van der Waals surface area contributed by atoms with Crippen molar-refractivity contribution in [1.82, 2.24) is 4.98 Å². The molecule has 1 heterocycles. The minimum Gasteiger partial charge on any atom is -0.432 e. The summed E-state index contributed by atoms with van der Waals surface area (Å²) in [5.41, 5.74) is 1.21. The van der Waals surface area contributed by atoms with Gasteiger partial charge in [-0.1, -0.05) is 30.3 Å². The summed E-state index contributed by atoms with van der Waals surface area (Å²) in [4.78, 5) is 3.95. The maximum Gasteiger partial charge on any atom is 0.294 e. The molecule has 0 spiro atoms. The van der Waals surface area contributed by atoms with E-state index in [4.69, 9.17) is 4.42 Å². The molecule has 3 nitrogen and oxygen atoms in total. The van der Waals surface area contributed by atoms with Gasteiger partial charge in [0.05, 0.1) is 6.20 Å². The summed E-state index contributed by atoms with van der Waals surface area (Å²) < 4.78 is 5.03. The van der Waals surface area contributed by atoms with Crippen LogP contribution in [-0.2, 0) is 6.54 Å². The van der Waals surface area contributed by atoms with Crippen molar-refractivity contribution < 1.29 is 4.42 Å². The largest absolute Gasteiger partial charge is 0.432 e. The van der Waals surface area contributed by atoms with Gasteiger partial charge in [-0.05, 0) is 5.56 Å². The third kappa shape index (κ3) is 2.08. The van der Waals surface area contributed by atoms with Crippen molar-refractivity contribution in [1.29, 1.82) is 0 Å². The highest BCUT2D eigenvalue weighted by atomic mass is 16.4. The zero-order valence-electron chi connectivity index (χ0n) is 7.10. The smallest absolute Gasteiger partial charge is 0.294 e. The lowest BCUT2D eigenvalue weighted by Gasteiger charge is -2.00. The minimum absolute atomic E-state index is 0.559. The fraction of sp³-hybridized carbons (Fsp3) is 0.100. The number of hydrogen-bond donors (Lipinski definition) is 1. The summed E-state index contributed by atoms with van der Waals surface area (Å²) in [5, 5.41) is 3.06. The topological polar surface area (TPSA) is 38.1 Å². The molecule has 0 aliphatic carbocycles. The lowest BCUT2D eigenvalue weighted by Crippen LogP contribution is -1.98. The molecule has 0 amide bonds. The van der Waals surface area contributed by atoms with Gasteiger partial charge in [0, 0.05) is 6.54 Å². The van der Waals surface area contributed by atoms with Crippen molar-refractivity contribution in [3.63, 3.8) is 0 Å². The molecule has 3 heteroatoms. The van der Waals surface area contributed by atoms with Gasteiger partial charge < -0.3 is 9.73 Å². The van der Waals surface area contributed by atoms with Crippen molar-refractivity contribution in [3.05, 3.63) is 48.4 Å². The zero-order valence-corrected chi connectivity index (χ0v) is 7.10. The van der Waals surface area contributed by atoms with Crippen LogP contribution in [0.2, 0.25) is 0 Å². The number of hydrogen-bond acceptors (Lipinski definition) is 3. The fourth-order valence-electron chi connectivity index (χ4n) is 1.08. The van der Waals surface area contributed by atoms with E-state index >= 15 is 0 Å². The Morgan fingerprint density at radius 1 is 1.23 bits per heavy atom. The second-order valence-corrected chi connectivity index (χ2v) is 2.68. The van der Waals surface area contributed by atoms with Gasteiger partial charge in [-0.25, -0.2) is 4.98 Å². The Bertz CT molecular complexity index is 342. The molecule has 0 unspecified atom stereocenters. The molecule has 0 atom stereocenters. The van der Waals surface area contributed by atoms with Crippen LogP contribution in [0.4, 0.5) is 6.01 Å². The number of anilines is 1. The predicted octanol–water partition coefficient (Wildman–Crippen LogP) is 2.29. The molecule has 0 fully saturated rings. The molecule has 2 rings (SSSR count). The predicted molar refractivity (Wildman–Crippen MR) is 50.3 cm³/mol. The Labute approximate surface area is 76.4 Å². The SMILES string of the molecule is c1ccc(CNc2ncco2)cc1. The first kappa shape index (κ1) is 7.86. The Hall–Kier alpha value is -1.77. The summed E-state index contributed by atoms with van der Waals surface area (Å²) in [6.45, 7) is 0.737. The van der Waals surface area contributed by atoms with Crippen LogP contribution in [0.25, 0.3) is 0 Å². The maximum absolute atomic E-state index is 5.03. The number of rotatable bonds is 3. The highest BCUT2D eigenvalue weighted by molar-refractivity contribution is 5.23. The molecule has 66 valence electrons. The molecule has 13 heavy (non-hydrogen) atoms. The molecule has 2 aromatic rings. The average Bonchev–Trinajstić information content (AvgIpc) is 2.69. The van der Waals surface area contributed by atoms with Crippen LogP contribution < -0.4 is 5.32 Å². The number of nitrogens with zero attached hydrogens (tertiary/aromatic N) is 1. The lowest BCUT2D eigenvalue weighted by atomic mass is 10.2. The highest BCUT2D eigenvalue weighted by Gasteiger charge is 1.95.